The van der Waals surface area contributed by atoms with Gasteiger partial charge in [0.1, 0.15) is 5.82 Å². The molecule has 0 spiro atoms. The number of rotatable bonds is 6. The molecule has 5 heteroatoms. The van der Waals surface area contributed by atoms with Gasteiger partial charge in [-0.3, -0.25) is 0 Å². The molecule has 1 N–H and O–H groups in total. The lowest BCUT2D eigenvalue weighted by atomic mass is 10.2. The quantitative estimate of drug-likeness (QED) is 0.815. The Morgan fingerprint density at radius 1 is 1.00 bits per heavy atom. The van der Waals surface area contributed by atoms with Crippen molar-refractivity contribution in [3.63, 3.8) is 0 Å². The second kappa shape index (κ2) is 8.60. The second-order valence-corrected chi connectivity index (χ2v) is 6.03. The zero-order chi connectivity index (χ0) is 16.7. The lowest BCUT2D eigenvalue weighted by Gasteiger charge is -2.27. The number of thiocarbonyl (C=S) groups is 1. The number of halogens is 1. The predicted octanol–water partition coefficient (Wildman–Crippen LogP) is 3.59. The third-order valence-electron chi connectivity index (χ3n) is 3.42. The van der Waals surface area contributed by atoms with Crippen LogP contribution < -0.4 is 5.32 Å². The molecule has 0 aliphatic carbocycles. The van der Waals surface area contributed by atoms with E-state index in [4.69, 9.17) is 12.2 Å². The van der Waals surface area contributed by atoms with Gasteiger partial charge in [-0.15, -0.1) is 0 Å². The first-order valence-electron chi connectivity index (χ1n) is 7.55. The van der Waals surface area contributed by atoms with Crippen molar-refractivity contribution in [3.8, 4) is 0 Å². The van der Waals surface area contributed by atoms with Crippen LogP contribution in [0.5, 0.6) is 0 Å². The number of hydrogen-bond donors (Lipinski definition) is 1. The Hall–Kier alpha value is -1.98. The molecule has 0 bridgehead atoms. The molecule has 23 heavy (non-hydrogen) atoms. The van der Waals surface area contributed by atoms with Crippen LogP contribution in [0.3, 0.4) is 0 Å². The average Bonchev–Trinajstić information content (AvgIpc) is 2.54. The third-order valence-corrected chi connectivity index (χ3v) is 3.78. The number of nitrogens with one attached hydrogen (secondary N) is 1. The van der Waals surface area contributed by atoms with Gasteiger partial charge >= 0.3 is 0 Å². The highest BCUT2D eigenvalue weighted by Gasteiger charge is 2.11. The molecule has 0 aliphatic heterocycles. The molecule has 3 nitrogen and oxygen atoms in total. The Balaban J connectivity index is 2.05. The molecule has 2 rings (SSSR count). The van der Waals surface area contributed by atoms with Crippen LogP contribution in [0.1, 0.15) is 5.56 Å². The SMILES string of the molecule is CN(C)CCN(Cc1ccccc1)C(=S)Nc1ccc(F)cc1. The van der Waals surface area contributed by atoms with Crippen molar-refractivity contribution in [2.45, 2.75) is 6.54 Å². The van der Waals surface area contributed by atoms with E-state index in [0.717, 1.165) is 25.3 Å². The topological polar surface area (TPSA) is 18.5 Å². The first-order chi connectivity index (χ1) is 11.0. The second-order valence-electron chi connectivity index (χ2n) is 5.65. The Labute approximate surface area is 142 Å². The summed E-state index contributed by atoms with van der Waals surface area (Å²) in [5.41, 5.74) is 1.99. The molecule has 0 fully saturated rings. The molecule has 0 saturated heterocycles. The number of likely N-dealkylation sites (N-methyl/N-ethyl adjacent to an activating group) is 1. The Kier molecular flexibility index (Phi) is 6.50. The summed E-state index contributed by atoms with van der Waals surface area (Å²) < 4.78 is 13.0. The van der Waals surface area contributed by atoms with Crippen LogP contribution in [0.4, 0.5) is 10.1 Å². The number of benzene rings is 2. The van der Waals surface area contributed by atoms with Crippen molar-refractivity contribution in [1.82, 2.24) is 9.80 Å². The minimum absolute atomic E-state index is 0.254. The predicted molar refractivity (Wildman–Crippen MR) is 98.0 cm³/mol. The first kappa shape index (κ1) is 17.4. The van der Waals surface area contributed by atoms with E-state index in [9.17, 15) is 4.39 Å². The largest absolute Gasteiger partial charge is 0.343 e. The van der Waals surface area contributed by atoms with E-state index < -0.39 is 0 Å². The van der Waals surface area contributed by atoms with Crippen LogP contribution in [0.15, 0.2) is 54.6 Å². The maximum atomic E-state index is 13.0. The molecule has 0 unspecified atom stereocenters. The van der Waals surface area contributed by atoms with E-state index in [-0.39, 0.29) is 5.82 Å². The highest BCUT2D eigenvalue weighted by Crippen LogP contribution is 2.11. The summed E-state index contributed by atoms with van der Waals surface area (Å²) in [5, 5.41) is 3.83. The summed E-state index contributed by atoms with van der Waals surface area (Å²) in [5.74, 6) is -0.254. The summed E-state index contributed by atoms with van der Waals surface area (Å²) in [4.78, 5) is 4.24. The molecule has 0 heterocycles. The lowest BCUT2D eigenvalue weighted by molar-refractivity contribution is 0.328. The molecule has 0 aliphatic rings. The standard InChI is InChI=1S/C18H22FN3S/c1-21(2)12-13-22(14-15-6-4-3-5-7-15)18(23)20-17-10-8-16(19)9-11-17/h3-11H,12-14H2,1-2H3,(H,20,23). The summed E-state index contributed by atoms with van der Waals surface area (Å²) >= 11 is 5.54. The minimum Gasteiger partial charge on any atom is -0.343 e. The Morgan fingerprint density at radius 3 is 2.26 bits per heavy atom. The molecule has 2 aromatic carbocycles. The van der Waals surface area contributed by atoms with Gasteiger partial charge in [-0.2, -0.15) is 0 Å². The first-order valence-corrected chi connectivity index (χ1v) is 7.95. The van der Waals surface area contributed by atoms with E-state index in [1.165, 1.54) is 17.7 Å². The fraction of sp³-hybridized carbons (Fsp3) is 0.278. The highest BCUT2D eigenvalue weighted by molar-refractivity contribution is 7.80. The molecule has 2 aromatic rings. The van der Waals surface area contributed by atoms with Crippen molar-refractivity contribution < 1.29 is 4.39 Å². The van der Waals surface area contributed by atoms with Gasteiger partial charge in [0.2, 0.25) is 0 Å². The third kappa shape index (κ3) is 5.96. The molecule has 122 valence electrons. The van der Waals surface area contributed by atoms with E-state index in [1.54, 1.807) is 12.1 Å². The van der Waals surface area contributed by atoms with E-state index in [2.05, 4.69) is 27.2 Å². The van der Waals surface area contributed by atoms with Crippen LogP contribution in [0.2, 0.25) is 0 Å². The summed E-state index contributed by atoms with van der Waals surface area (Å²) in [7, 11) is 4.08. The minimum atomic E-state index is -0.254. The van der Waals surface area contributed by atoms with E-state index >= 15 is 0 Å². The molecule has 0 atom stereocenters. The van der Waals surface area contributed by atoms with Gasteiger partial charge < -0.3 is 15.1 Å². The van der Waals surface area contributed by atoms with Crippen molar-refractivity contribution in [1.29, 1.82) is 0 Å². The van der Waals surface area contributed by atoms with Gasteiger partial charge in [0, 0.05) is 25.3 Å². The highest BCUT2D eigenvalue weighted by atomic mass is 32.1. The molecule has 0 radical (unpaired) electrons. The number of nitrogens with zero attached hydrogens (tertiary/aromatic N) is 2. The number of hydrogen-bond acceptors (Lipinski definition) is 2. The van der Waals surface area contributed by atoms with Gasteiger partial charge in [-0.1, -0.05) is 30.3 Å². The van der Waals surface area contributed by atoms with Crippen molar-refractivity contribution in [2.75, 3.05) is 32.5 Å². The van der Waals surface area contributed by atoms with Gasteiger partial charge in [-0.05, 0) is 56.1 Å². The Morgan fingerprint density at radius 2 is 1.65 bits per heavy atom. The van der Waals surface area contributed by atoms with Gasteiger partial charge in [0.15, 0.2) is 5.11 Å². The molecule has 0 amide bonds. The summed E-state index contributed by atoms with van der Waals surface area (Å²) in [6, 6.07) is 16.4. The van der Waals surface area contributed by atoms with Crippen molar-refractivity contribution in [2.24, 2.45) is 0 Å². The van der Waals surface area contributed by atoms with Gasteiger partial charge in [-0.25, -0.2) is 4.39 Å². The molecular formula is C18H22FN3S. The normalized spacial score (nSPS) is 10.6. The Bertz CT molecular complexity index is 614. The van der Waals surface area contributed by atoms with E-state index in [0.29, 0.717) is 5.11 Å². The monoisotopic (exact) mass is 331 g/mol. The van der Waals surface area contributed by atoms with Crippen LogP contribution in [-0.4, -0.2) is 42.1 Å². The smallest absolute Gasteiger partial charge is 0.173 e. The fourth-order valence-electron chi connectivity index (χ4n) is 2.11. The molecular weight excluding hydrogens is 309 g/mol. The number of anilines is 1. The van der Waals surface area contributed by atoms with Gasteiger partial charge in [0.25, 0.3) is 0 Å². The maximum absolute atomic E-state index is 13.0. The van der Waals surface area contributed by atoms with Gasteiger partial charge in [0.05, 0.1) is 0 Å². The average molecular weight is 331 g/mol. The molecule has 0 aromatic heterocycles. The van der Waals surface area contributed by atoms with Crippen LogP contribution >= 0.6 is 12.2 Å². The van der Waals surface area contributed by atoms with Crippen LogP contribution in [-0.2, 0) is 6.54 Å². The maximum Gasteiger partial charge on any atom is 0.173 e. The fourth-order valence-corrected chi connectivity index (χ4v) is 2.39. The van der Waals surface area contributed by atoms with Crippen molar-refractivity contribution in [3.05, 3.63) is 66.0 Å². The van der Waals surface area contributed by atoms with Crippen LogP contribution in [0, 0.1) is 5.82 Å². The zero-order valence-corrected chi connectivity index (χ0v) is 14.3. The lowest BCUT2D eigenvalue weighted by Crippen LogP contribution is -2.38. The summed E-state index contributed by atoms with van der Waals surface area (Å²) in [6.07, 6.45) is 0. The van der Waals surface area contributed by atoms with E-state index in [1.807, 2.05) is 32.3 Å². The molecule has 0 saturated carbocycles. The van der Waals surface area contributed by atoms with Crippen molar-refractivity contribution >= 4 is 23.0 Å². The van der Waals surface area contributed by atoms with Crippen LogP contribution in [0.25, 0.3) is 0 Å². The summed E-state index contributed by atoms with van der Waals surface area (Å²) in [6.45, 7) is 2.45. The zero-order valence-electron chi connectivity index (χ0n) is 13.5.